The number of amidine groups is 1. The largest absolute Gasteiger partial charge is 0.387 e. The van der Waals surface area contributed by atoms with Gasteiger partial charge in [-0.3, -0.25) is 5.41 Å². The van der Waals surface area contributed by atoms with Crippen molar-refractivity contribution < 1.29 is 0 Å². The number of nitrogens with zero attached hydrogens (tertiary/aromatic N) is 1. The normalized spacial score (nSPS) is 22.2. The van der Waals surface area contributed by atoms with E-state index in [1.165, 1.54) is 58.2 Å². The van der Waals surface area contributed by atoms with Gasteiger partial charge in [-0.05, 0) is 57.7 Å². The number of likely N-dealkylation sites (tertiary alicyclic amines) is 1. The number of rotatable bonds is 7. The fraction of sp³-hybridized carbons (Fsp3) is 0.938. The second-order valence-electron chi connectivity index (χ2n) is 6.80. The summed E-state index contributed by atoms with van der Waals surface area (Å²) in [6.45, 7) is 10.3. The molecule has 1 saturated heterocycles. The maximum Gasteiger partial charge on any atom is 0.0963 e. The molecule has 0 aromatic rings. The van der Waals surface area contributed by atoms with E-state index in [0.717, 1.165) is 12.3 Å². The Labute approximate surface area is 119 Å². The maximum atomic E-state index is 7.57. The van der Waals surface area contributed by atoms with E-state index in [1.54, 1.807) is 0 Å². The molecule has 1 unspecified atom stereocenters. The van der Waals surface area contributed by atoms with Gasteiger partial charge in [0.15, 0.2) is 0 Å². The van der Waals surface area contributed by atoms with Gasteiger partial charge in [0.1, 0.15) is 0 Å². The van der Waals surface area contributed by atoms with Crippen molar-refractivity contribution in [3.05, 3.63) is 0 Å². The standard InChI is InChI=1S/C16H33N3/c1-4-14-8-7-12-19(13-9-14)11-6-5-10-16(2,3)15(17)18/h14H,4-13H2,1-3H3,(H3,17,18). The molecule has 1 atom stereocenters. The second-order valence-corrected chi connectivity index (χ2v) is 6.80. The zero-order chi connectivity index (χ0) is 14.3. The van der Waals surface area contributed by atoms with E-state index in [1.807, 2.05) is 0 Å². The molecule has 19 heavy (non-hydrogen) atoms. The van der Waals surface area contributed by atoms with Crippen LogP contribution in [0.25, 0.3) is 0 Å². The molecule has 3 N–H and O–H groups in total. The van der Waals surface area contributed by atoms with Crippen LogP contribution in [0.4, 0.5) is 0 Å². The summed E-state index contributed by atoms with van der Waals surface area (Å²) in [6.07, 6.45) is 8.99. The molecule has 0 amide bonds. The molecular weight excluding hydrogens is 234 g/mol. The average molecular weight is 267 g/mol. The number of unbranched alkanes of at least 4 members (excludes halogenated alkanes) is 1. The lowest BCUT2D eigenvalue weighted by Crippen LogP contribution is -2.31. The van der Waals surface area contributed by atoms with Crippen LogP contribution in [0.3, 0.4) is 0 Å². The van der Waals surface area contributed by atoms with Crippen LogP contribution >= 0.6 is 0 Å². The van der Waals surface area contributed by atoms with E-state index in [0.29, 0.717) is 5.84 Å². The van der Waals surface area contributed by atoms with Crippen molar-refractivity contribution in [1.82, 2.24) is 4.90 Å². The summed E-state index contributed by atoms with van der Waals surface area (Å²) in [5.41, 5.74) is 5.50. The molecule has 3 nitrogen and oxygen atoms in total. The molecule has 1 rings (SSSR count). The Morgan fingerprint density at radius 1 is 1.26 bits per heavy atom. The predicted octanol–water partition coefficient (Wildman–Crippen LogP) is 3.63. The lowest BCUT2D eigenvalue weighted by Gasteiger charge is -2.24. The van der Waals surface area contributed by atoms with Gasteiger partial charge in [0.2, 0.25) is 0 Å². The van der Waals surface area contributed by atoms with Crippen molar-refractivity contribution in [1.29, 1.82) is 5.41 Å². The van der Waals surface area contributed by atoms with E-state index in [2.05, 4.69) is 25.7 Å². The smallest absolute Gasteiger partial charge is 0.0963 e. The summed E-state index contributed by atoms with van der Waals surface area (Å²) in [4.78, 5) is 2.64. The molecule has 1 heterocycles. The highest BCUT2D eigenvalue weighted by Gasteiger charge is 2.21. The third-order valence-electron chi connectivity index (χ3n) is 4.77. The Morgan fingerprint density at radius 2 is 2.00 bits per heavy atom. The Morgan fingerprint density at radius 3 is 2.63 bits per heavy atom. The van der Waals surface area contributed by atoms with Crippen LogP contribution in [0.1, 0.15) is 65.7 Å². The highest BCUT2D eigenvalue weighted by Crippen LogP contribution is 2.24. The van der Waals surface area contributed by atoms with Crippen molar-refractivity contribution in [2.75, 3.05) is 19.6 Å². The molecule has 0 radical (unpaired) electrons. The van der Waals surface area contributed by atoms with Crippen LogP contribution < -0.4 is 5.73 Å². The van der Waals surface area contributed by atoms with Crippen molar-refractivity contribution in [3.8, 4) is 0 Å². The summed E-state index contributed by atoms with van der Waals surface area (Å²) in [5, 5.41) is 7.57. The molecule has 0 spiro atoms. The molecule has 0 bridgehead atoms. The molecule has 1 aliphatic heterocycles. The third kappa shape index (κ3) is 5.94. The first-order chi connectivity index (χ1) is 8.95. The molecule has 1 fully saturated rings. The van der Waals surface area contributed by atoms with Crippen LogP contribution in [0.5, 0.6) is 0 Å². The fourth-order valence-electron chi connectivity index (χ4n) is 2.89. The van der Waals surface area contributed by atoms with E-state index in [-0.39, 0.29) is 5.41 Å². The number of hydrogen-bond donors (Lipinski definition) is 2. The first-order valence-corrected chi connectivity index (χ1v) is 8.02. The molecular formula is C16H33N3. The lowest BCUT2D eigenvalue weighted by molar-refractivity contribution is 0.268. The van der Waals surface area contributed by atoms with Crippen LogP contribution in [0.2, 0.25) is 0 Å². The fourth-order valence-corrected chi connectivity index (χ4v) is 2.89. The molecule has 0 aromatic carbocycles. The van der Waals surface area contributed by atoms with Gasteiger partial charge in [-0.15, -0.1) is 0 Å². The molecule has 1 aliphatic rings. The Kier molecular flexibility index (Phi) is 6.84. The number of nitrogens with two attached hydrogens (primary N) is 1. The molecule has 112 valence electrons. The summed E-state index contributed by atoms with van der Waals surface area (Å²) in [6, 6.07) is 0. The zero-order valence-corrected chi connectivity index (χ0v) is 13.2. The second kappa shape index (κ2) is 7.88. The Bertz CT molecular complexity index is 273. The molecule has 0 aromatic heterocycles. The lowest BCUT2D eigenvalue weighted by atomic mass is 9.86. The van der Waals surface area contributed by atoms with Crippen LogP contribution in [-0.2, 0) is 0 Å². The van der Waals surface area contributed by atoms with Crippen molar-refractivity contribution in [2.24, 2.45) is 17.1 Å². The van der Waals surface area contributed by atoms with Crippen molar-refractivity contribution in [3.63, 3.8) is 0 Å². The van der Waals surface area contributed by atoms with Gasteiger partial charge in [0.05, 0.1) is 5.84 Å². The Hall–Kier alpha value is -0.570. The van der Waals surface area contributed by atoms with Crippen LogP contribution in [-0.4, -0.2) is 30.4 Å². The number of hydrogen-bond acceptors (Lipinski definition) is 2. The van der Waals surface area contributed by atoms with Gasteiger partial charge in [0, 0.05) is 5.41 Å². The van der Waals surface area contributed by atoms with E-state index in [9.17, 15) is 0 Å². The summed E-state index contributed by atoms with van der Waals surface area (Å²) in [7, 11) is 0. The third-order valence-corrected chi connectivity index (χ3v) is 4.77. The minimum atomic E-state index is -0.119. The highest BCUT2D eigenvalue weighted by molar-refractivity contribution is 5.82. The predicted molar refractivity (Wildman–Crippen MR) is 83.6 cm³/mol. The van der Waals surface area contributed by atoms with E-state index < -0.39 is 0 Å². The Balaban J connectivity index is 2.17. The first-order valence-electron chi connectivity index (χ1n) is 8.02. The first kappa shape index (κ1) is 16.5. The summed E-state index contributed by atoms with van der Waals surface area (Å²) >= 11 is 0. The monoisotopic (exact) mass is 267 g/mol. The average Bonchev–Trinajstić information content (AvgIpc) is 2.59. The topological polar surface area (TPSA) is 53.1 Å². The van der Waals surface area contributed by atoms with E-state index >= 15 is 0 Å². The van der Waals surface area contributed by atoms with Gasteiger partial charge in [-0.25, -0.2) is 0 Å². The van der Waals surface area contributed by atoms with Gasteiger partial charge >= 0.3 is 0 Å². The quantitative estimate of drug-likeness (QED) is 0.420. The highest BCUT2D eigenvalue weighted by atomic mass is 15.1. The molecule has 3 heteroatoms. The minimum absolute atomic E-state index is 0.119. The number of nitrogens with one attached hydrogen (secondary N) is 1. The summed E-state index contributed by atoms with van der Waals surface area (Å²) in [5.74, 6) is 1.29. The van der Waals surface area contributed by atoms with Crippen molar-refractivity contribution >= 4 is 5.84 Å². The molecule has 0 aliphatic carbocycles. The molecule has 0 saturated carbocycles. The minimum Gasteiger partial charge on any atom is -0.387 e. The van der Waals surface area contributed by atoms with Crippen LogP contribution in [0.15, 0.2) is 0 Å². The van der Waals surface area contributed by atoms with Crippen LogP contribution in [0, 0.1) is 16.7 Å². The van der Waals surface area contributed by atoms with Gasteiger partial charge < -0.3 is 10.6 Å². The van der Waals surface area contributed by atoms with Gasteiger partial charge in [-0.2, -0.15) is 0 Å². The van der Waals surface area contributed by atoms with Gasteiger partial charge in [-0.1, -0.05) is 33.6 Å². The van der Waals surface area contributed by atoms with Crippen molar-refractivity contribution in [2.45, 2.75) is 65.7 Å². The van der Waals surface area contributed by atoms with E-state index in [4.69, 9.17) is 11.1 Å². The SMILES string of the molecule is CCC1CCCN(CCCCC(C)(C)C(=N)N)CC1. The summed E-state index contributed by atoms with van der Waals surface area (Å²) < 4.78 is 0. The maximum absolute atomic E-state index is 7.57. The van der Waals surface area contributed by atoms with Gasteiger partial charge in [0.25, 0.3) is 0 Å². The zero-order valence-electron chi connectivity index (χ0n) is 13.2.